The van der Waals surface area contributed by atoms with Gasteiger partial charge < -0.3 is 5.11 Å². The fourth-order valence-electron chi connectivity index (χ4n) is 2.54. The SMILES string of the molecule is Cc1cc(O)c(S(=O)(=O)c2ccc(Cl)cc2)cc1NS(=O)(=O)c1ccccc1. The average molecular weight is 438 g/mol. The molecule has 3 aromatic carbocycles. The van der Waals surface area contributed by atoms with Gasteiger partial charge in [-0.3, -0.25) is 4.72 Å². The highest BCUT2D eigenvalue weighted by Crippen LogP contribution is 2.34. The molecule has 0 fully saturated rings. The van der Waals surface area contributed by atoms with E-state index in [9.17, 15) is 21.9 Å². The first-order valence-corrected chi connectivity index (χ1v) is 11.4. The molecule has 0 aliphatic heterocycles. The Hall–Kier alpha value is -2.55. The molecule has 3 rings (SSSR count). The van der Waals surface area contributed by atoms with Gasteiger partial charge in [0.05, 0.1) is 15.5 Å². The summed E-state index contributed by atoms with van der Waals surface area (Å²) in [6, 6.07) is 15.4. The number of sulfonamides is 1. The number of nitrogens with one attached hydrogen (secondary N) is 1. The first-order valence-electron chi connectivity index (χ1n) is 8.03. The van der Waals surface area contributed by atoms with Crippen LogP contribution in [0.15, 0.2) is 81.4 Å². The van der Waals surface area contributed by atoms with Crippen molar-refractivity contribution >= 4 is 37.1 Å². The highest BCUT2D eigenvalue weighted by molar-refractivity contribution is 7.93. The summed E-state index contributed by atoms with van der Waals surface area (Å²) in [4.78, 5) is -0.455. The summed E-state index contributed by atoms with van der Waals surface area (Å²) in [5.74, 6) is -0.477. The first-order chi connectivity index (χ1) is 13.1. The van der Waals surface area contributed by atoms with Gasteiger partial charge in [0.1, 0.15) is 10.6 Å². The van der Waals surface area contributed by atoms with E-state index in [0.717, 1.165) is 6.07 Å². The van der Waals surface area contributed by atoms with Crippen LogP contribution in [0.1, 0.15) is 5.56 Å². The molecule has 2 N–H and O–H groups in total. The number of sulfone groups is 1. The van der Waals surface area contributed by atoms with E-state index in [-0.39, 0.29) is 15.5 Å². The monoisotopic (exact) mass is 437 g/mol. The Morgan fingerprint density at radius 3 is 2.07 bits per heavy atom. The fraction of sp³-hybridized carbons (Fsp3) is 0.0526. The van der Waals surface area contributed by atoms with E-state index in [4.69, 9.17) is 11.6 Å². The second-order valence-corrected chi connectivity index (χ2v) is 10.0. The zero-order valence-electron chi connectivity index (χ0n) is 14.6. The summed E-state index contributed by atoms with van der Waals surface area (Å²) < 4.78 is 53.3. The third kappa shape index (κ3) is 3.99. The second-order valence-electron chi connectivity index (χ2n) is 6.01. The van der Waals surface area contributed by atoms with Crippen molar-refractivity contribution in [3.8, 4) is 5.75 Å². The van der Waals surface area contributed by atoms with Crippen LogP contribution in [-0.4, -0.2) is 21.9 Å². The smallest absolute Gasteiger partial charge is 0.261 e. The zero-order valence-corrected chi connectivity index (χ0v) is 17.0. The number of anilines is 1. The maximum absolute atomic E-state index is 12.9. The van der Waals surface area contributed by atoms with Crippen molar-refractivity contribution in [1.82, 2.24) is 0 Å². The first kappa shape index (κ1) is 20.2. The molecular weight excluding hydrogens is 422 g/mol. The molecule has 0 saturated carbocycles. The van der Waals surface area contributed by atoms with E-state index in [0.29, 0.717) is 10.6 Å². The topological polar surface area (TPSA) is 101 Å². The number of aromatic hydroxyl groups is 1. The van der Waals surface area contributed by atoms with Crippen molar-refractivity contribution in [3.05, 3.63) is 77.3 Å². The van der Waals surface area contributed by atoms with E-state index in [1.807, 2.05) is 0 Å². The minimum atomic E-state index is -4.09. The normalized spacial score (nSPS) is 11.9. The Balaban J connectivity index is 2.08. The number of phenols is 1. The quantitative estimate of drug-likeness (QED) is 0.588. The van der Waals surface area contributed by atoms with Crippen LogP contribution in [0.25, 0.3) is 0 Å². The molecule has 0 heterocycles. The van der Waals surface area contributed by atoms with Gasteiger partial charge in [-0.2, -0.15) is 0 Å². The van der Waals surface area contributed by atoms with Crippen LogP contribution in [-0.2, 0) is 19.9 Å². The van der Waals surface area contributed by atoms with Crippen LogP contribution in [0.4, 0.5) is 5.69 Å². The molecule has 3 aromatic rings. The number of halogens is 1. The maximum Gasteiger partial charge on any atom is 0.261 e. The average Bonchev–Trinajstić information content (AvgIpc) is 2.65. The Labute approximate surface area is 168 Å². The van der Waals surface area contributed by atoms with Crippen molar-refractivity contribution in [3.63, 3.8) is 0 Å². The van der Waals surface area contributed by atoms with Crippen molar-refractivity contribution in [2.75, 3.05) is 4.72 Å². The number of phenolic OH excluding ortho intramolecular Hbond substituents is 1. The van der Waals surface area contributed by atoms with E-state index < -0.39 is 30.5 Å². The van der Waals surface area contributed by atoms with E-state index >= 15 is 0 Å². The molecule has 0 unspecified atom stereocenters. The van der Waals surface area contributed by atoms with Crippen LogP contribution >= 0.6 is 11.6 Å². The van der Waals surface area contributed by atoms with Crippen LogP contribution in [0.2, 0.25) is 5.02 Å². The van der Waals surface area contributed by atoms with Gasteiger partial charge in [-0.1, -0.05) is 29.8 Å². The number of hydrogen-bond donors (Lipinski definition) is 2. The van der Waals surface area contributed by atoms with Gasteiger partial charge in [0.2, 0.25) is 9.84 Å². The van der Waals surface area contributed by atoms with Crippen molar-refractivity contribution in [1.29, 1.82) is 0 Å². The van der Waals surface area contributed by atoms with Gasteiger partial charge in [0.15, 0.2) is 0 Å². The third-order valence-electron chi connectivity index (χ3n) is 4.02. The molecule has 0 atom stereocenters. The summed E-state index contributed by atoms with van der Waals surface area (Å²) in [6.45, 7) is 1.56. The van der Waals surface area contributed by atoms with Crippen molar-refractivity contribution in [2.24, 2.45) is 0 Å². The third-order valence-corrected chi connectivity index (χ3v) is 7.45. The lowest BCUT2D eigenvalue weighted by molar-refractivity contribution is 0.458. The summed E-state index contributed by atoms with van der Waals surface area (Å²) in [6.07, 6.45) is 0. The molecule has 0 aromatic heterocycles. The summed E-state index contributed by atoms with van der Waals surface area (Å²) in [7, 11) is -8.01. The molecule has 0 aliphatic carbocycles. The molecule has 0 amide bonds. The molecule has 0 aliphatic rings. The van der Waals surface area contributed by atoms with Crippen LogP contribution in [0.3, 0.4) is 0 Å². The molecule has 0 radical (unpaired) electrons. The minimum absolute atomic E-state index is 0.0320. The predicted octanol–water partition coefficient (Wildman–Crippen LogP) is 3.99. The Kier molecular flexibility index (Phi) is 5.38. The van der Waals surface area contributed by atoms with E-state index in [1.165, 1.54) is 42.5 Å². The van der Waals surface area contributed by atoms with Gasteiger partial charge in [-0.15, -0.1) is 0 Å². The van der Waals surface area contributed by atoms with Crippen LogP contribution in [0, 0.1) is 6.92 Å². The van der Waals surface area contributed by atoms with E-state index in [1.54, 1.807) is 25.1 Å². The van der Waals surface area contributed by atoms with E-state index in [2.05, 4.69) is 4.72 Å². The highest BCUT2D eigenvalue weighted by atomic mass is 35.5. The molecular formula is C19H16ClNO5S2. The highest BCUT2D eigenvalue weighted by Gasteiger charge is 2.24. The lowest BCUT2D eigenvalue weighted by Gasteiger charge is -2.14. The molecule has 146 valence electrons. The van der Waals surface area contributed by atoms with Crippen LogP contribution < -0.4 is 4.72 Å². The van der Waals surface area contributed by atoms with Crippen molar-refractivity contribution in [2.45, 2.75) is 21.6 Å². The summed E-state index contributed by atoms with van der Waals surface area (Å²) in [5.41, 5.74) is 0.418. The molecule has 0 spiro atoms. The molecule has 6 nitrogen and oxygen atoms in total. The summed E-state index contributed by atoms with van der Waals surface area (Å²) >= 11 is 5.79. The van der Waals surface area contributed by atoms with Gasteiger partial charge >= 0.3 is 0 Å². The number of benzene rings is 3. The Morgan fingerprint density at radius 2 is 1.46 bits per heavy atom. The standard InChI is InChI=1S/C19H16ClNO5S2/c1-13-11-18(22)19(27(23,24)15-9-7-14(20)8-10-15)12-17(13)21-28(25,26)16-5-3-2-4-6-16/h2-12,21-22H,1H3. The second kappa shape index (κ2) is 7.46. The number of hydrogen-bond acceptors (Lipinski definition) is 5. The summed E-state index contributed by atoms with van der Waals surface area (Å²) in [5, 5.41) is 10.6. The van der Waals surface area contributed by atoms with Gasteiger partial charge in [0.25, 0.3) is 10.0 Å². The number of rotatable bonds is 5. The lowest BCUT2D eigenvalue weighted by atomic mass is 10.2. The predicted molar refractivity (Wildman–Crippen MR) is 107 cm³/mol. The molecule has 28 heavy (non-hydrogen) atoms. The van der Waals surface area contributed by atoms with Gasteiger partial charge in [0, 0.05) is 5.02 Å². The van der Waals surface area contributed by atoms with Crippen LogP contribution in [0.5, 0.6) is 5.75 Å². The Bertz CT molecular complexity index is 1220. The zero-order chi connectivity index (χ0) is 20.5. The van der Waals surface area contributed by atoms with Gasteiger partial charge in [-0.25, -0.2) is 16.8 Å². The lowest BCUT2D eigenvalue weighted by Crippen LogP contribution is -2.14. The molecule has 9 heteroatoms. The fourth-order valence-corrected chi connectivity index (χ4v) is 5.17. The van der Waals surface area contributed by atoms with Crippen molar-refractivity contribution < 1.29 is 21.9 Å². The maximum atomic E-state index is 12.9. The molecule has 0 bridgehead atoms. The minimum Gasteiger partial charge on any atom is -0.507 e. The Morgan fingerprint density at radius 1 is 0.857 bits per heavy atom. The van der Waals surface area contributed by atoms with Gasteiger partial charge in [-0.05, 0) is 61.0 Å². The number of aryl methyl sites for hydroxylation is 1. The molecule has 0 saturated heterocycles. The largest absolute Gasteiger partial charge is 0.507 e.